The van der Waals surface area contributed by atoms with Crippen LogP contribution in [0.2, 0.25) is 0 Å². The van der Waals surface area contributed by atoms with Gasteiger partial charge < -0.3 is 4.74 Å². The van der Waals surface area contributed by atoms with E-state index < -0.39 is 11.7 Å². The van der Waals surface area contributed by atoms with E-state index in [2.05, 4.69) is 9.57 Å². The Bertz CT molecular complexity index is 344. The van der Waals surface area contributed by atoms with Crippen molar-refractivity contribution >= 4 is 12.4 Å². The second-order valence-corrected chi connectivity index (χ2v) is 2.84. The van der Waals surface area contributed by atoms with Crippen molar-refractivity contribution < 1.29 is 22.7 Å². The molecule has 0 aromatic heterocycles. The molecule has 0 aliphatic rings. The molecule has 0 aliphatic carbocycles. The number of benzene rings is 1. The SMILES string of the molecule is COc1ccc(CON)cc1C(F)(F)F.Cl. The van der Waals surface area contributed by atoms with Gasteiger partial charge in [-0.3, -0.25) is 4.84 Å². The Morgan fingerprint density at radius 3 is 2.38 bits per heavy atom. The molecule has 0 amide bonds. The fourth-order valence-corrected chi connectivity index (χ4v) is 1.16. The normalized spacial score (nSPS) is 10.8. The molecule has 0 saturated carbocycles. The molecule has 92 valence electrons. The third-order valence-corrected chi connectivity index (χ3v) is 1.82. The molecule has 0 bridgehead atoms. The Hall–Kier alpha value is -0.980. The average Bonchev–Trinajstić information content (AvgIpc) is 2.17. The Kier molecular flexibility index (Phi) is 5.57. The van der Waals surface area contributed by atoms with Crippen molar-refractivity contribution in [1.29, 1.82) is 0 Å². The van der Waals surface area contributed by atoms with Crippen molar-refractivity contribution in [2.45, 2.75) is 12.8 Å². The minimum atomic E-state index is -4.45. The molecule has 0 spiro atoms. The quantitative estimate of drug-likeness (QED) is 0.847. The van der Waals surface area contributed by atoms with Gasteiger partial charge >= 0.3 is 6.18 Å². The molecule has 1 aromatic carbocycles. The molecule has 1 aromatic rings. The van der Waals surface area contributed by atoms with Crippen LogP contribution in [-0.2, 0) is 17.6 Å². The maximum Gasteiger partial charge on any atom is 0.419 e. The van der Waals surface area contributed by atoms with Crippen LogP contribution in [0.1, 0.15) is 11.1 Å². The summed E-state index contributed by atoms with van der Waals surface area (Å²) in [6.45, 7) is -0.0763. The second kappa shape index (κ2) is 5.93. The maximum atomic E-state index is 12.5. The molecule has 0 aliphatic heterocycles. The number of ether oxygens (including phenoxy) is 1. The van der Waals surface area contributed by atoms with Crippen molar-refractivity contribution in [3.8, 4) is 5.75 Å². The zero-order chi connectivity index (χ0) is 11.5. The van der Waals surface area contributed by atoms with Crippen LogP contribution in [-0.4, -0.2) is 7.11 Å². The first-order valence-electron chi connectivity index (χ1n) is 4.05. The predicted octanol–water partition coefficient (Wildman–Crippen LogP) is 2.53. The van der Waals surface area contributed by atoms with E-state index in [9.17, 15) is 13.2 Å². The van der Waals surface area contributed by atoms with E-state index in [1.54, 1.807) is 0 Å². The fourth-order valence-electron chi connectivity index (χ4n) is 1.16. The van der Waals surface area contributed by atoms with Crippen LogP contribution in [0, 0.1) is 0 Å². The Morgan fingerprint density at radius 1 is 1.31 bits per heavy atom. The van der Waals surface area contributed by atoms with Crippen molar-refractivity contribution in [3.63, 3.8) is 0 Å². The van der Waals surface area contributed by atoms with E-state index in [-0.39, 0.29) is 24.8 Å². The van der Waals surface area contributed by atoms with Crippen LogP contribution >= 0.6 is 12.4 Å². The van der Waals surface area contributed by atoms with Crippen molar-refractivity contribution in [2.24, 2.45) is 5.90 Å². The predicted molar refractivity (Wildman–Crippen MR) is 54.2 cm³/mol. The second-order valence-electron chi connectivity index (χ2n) is 2.84. The molecule has 0 heterocycles. The van der Waals surface area contributed by atoms with E-state index in [0.29, 0.717) is 5.56 Å². The van der Waals surface area contributed by atoms with Crippen LogP contribution in [0.25, 0.3) is 0 Å². The summed E-state index contributed by atoms with van der Waals surface area (Å²) in [5.41, 5.74) is -0.495. The van der Waals surface area contributed by atoms with Crippen LogP contribution in [0.3, 0.4) is 0 Å². The number of hydrogen-bond acceptors (Lipinski definition) is 3. The minimum Gasteiger partial charge on any atom is -0.496 e. The number of rotatable bonds is 3. The van der Waals surface area contributed by atoms with Crippen LogP contribution in [0.15, 0.2) is 18.2 Å². The van der Waals surface area contributed by atoms with Crippen molar-refractivity contribution in [2.75, 3.05) is 7.11 Å². The van der Waals surface area contributed by atoms with Gasteiger partial charge in [0.15, 0.2) is 0 Å². The van der Waals surface area contributed by atoms with Gasteiger partial charge in [0, 0.05) is 0 Å². The first-order chi connectivity index (χ1) is 6.99. The summed E-state index contributed by atoms with van der Waals surface area (Å²) in [5, 5.41) is 0. The number of halogens is 4. The highest BCUT2D eigenvalue weighted by Crippen LogP contribution is 2.36. The van der Waals surface area contributed by atoms with Gasteiger partial charge in [-0.05, 0) is 17.7 Å². The third-order valence-electron chi connectivity index (χ3n) is 1.82. The smallest absolute Gasteiger partial charge is 0.419 e. The third kappa shape index (κ3) is 3.55. The summed E-state index contributed by atoms with van der Waals surface area (Å²) in [7, 11) is 1.18. The standard InChI is InChI=1S/C9H10F3NO2.ClH/c1-14-8-3-2-6(5-15-13)4-7(8)9(10,11)12;/h2-4H,5,13H2,1H3;1H. The lowest BCUT2D eigenvalue weighted by Crippen LogP contribution is -2.09. The van der Waals surface area contributed by atoms with Gasteiger partial charge in [-0.15, -0.1) is 12.4 Å². The summed E-state index contributed by atoms with van der Waals surface area (Å²) >= 11 is 0. The molecule has 0 radical (unpaired) electrons. The maximum absolute atomic E-state index is 12.5. The summed E-state index contributed by atoms with van der Waals surface area (Å²) in [4.78, 5) is 4.26. The van der Waals surface area contributed by atoms with E-state index in [1.165, 1.54) is 19.2 Å². The number of nitrogens with two attached hydrogens (primary N) is 1. The monoisotopic (exact) mass is 257 g/mol. The fraction of sp³-hybridized carbons (Fsp3) is 0.333. The zero-order valence-corrected chi connectivity index (χ0v) is 9.19. The van der Waals surface area contributed by atoms with E-state index in [1.807, 2.05) is 0 Å². The Labute approximate surface area is 96.7 Å². The molecule has 2 N–H and O–H groups in total. The molecule has 1 rings (SSSR count). The van der Waals surface area contributed by atoms with E-state index >= 15 is 0 Å². The summed E-state index contributed by atoms with van der Waals surface area (Å²) < 4.78 is 42.1. The largest absolute Gasteiger partial charge is 0.496 e. The molecule has 0 atom stereocenters. The molecule has 0 fully saturated rings. The van der Waals surface area contributed by atoms with Crippen LogP contribution < -0.4 is 10.6 Å². The Morgan fingerprint density at radius 2 is 1.94 bits per heavy atom. The Balaban J connectivity index is 0.00000225. The first-order valence-corrected chi connectivity index (χ1v) is 4.05. The van der Waals surface area contributed by atoms with E-state index in [0.717, 1.165) is 6.07 Å². The highest BCUT2D eigenvalue weighted by atomic mass is 35.5. The van der Waals surface area contributed by atoms with Gasteiger partial charge in [0.1, 0.15) is 5.75 Å². The van der Waals surface area contributed by atoms with Crippen LogP contribution in [0.5, 0.6) is 5.75 Å². The van der Waals surface area contributed by atoms with Gasteiger partial charge in [-0.1, -0.05) is 6.07 Å². The van der Waals surface area contributed by atoms with Gasteiger partial charge in [0.2, 0.25) is 0 Å². The van der Waals surface area contributed by atoms with E-state index in [4.69, 9.17) is 5.90 Å². The molecule has 7 heteroatoms. The summed E-state index contributed by atoms with van der Waals surface area (Å²) in [6, 6.07) is 3.64. The number of hydrogen-bond donors (Lipinski definition) is 1. The number of methoxy groups -OCH3 is 1. The van der Waals surface area contributed by atoms with Gasteiger partial charge in [-0.2, -0.15) is 13.2 Å². The average molecular weight is 258 g/mol. The molecule has 0 saturated heterocycles. The van der Waals surface area contributed by atoms with Crippen molar-refractivity contribution in [3.05, 3.63) is 29.3 Å². The molecule has 3 nitrogen and oxygen atoms in total. The lowest BCUT2D eigenvalue weighted by atomic mass is 10.1. The van der Waals surface area contributed by atoms with Gasteiger partial charge in [-0.25, -0.2) is 5.90 Å². The topological polar surface area (TPSA) is 44.5 Å². The van der Waals surface area contributed by atoms with Gasteiger partial charge in [0.25, 0.3) is 0 Å². The lowest BCUT2D eigenvalue weighted by molar-refractivity contribution is -0.138. The minimum absolute atomic E-state index is 0. The molecule has 16 heavy (non-hydrogen) atoms. The summed E-state index contributed by atoms with van der Waals surface area (Å²) in [6.07, 6.45) is -4.45. The van der Waals surface area contributed by atoms with Gasteiger partial charge in [0.05, 0.1) is 19.3 Å². The zero-order valence-electron chi connectivity index (χ0n) is 8.38. The molecule has 0 unspecified atom stereocenters. The molecular weight excluding hydrogens is 247 g/mol. The number of alkyl halides is 3. The summed E-state index contributed by atoms with van der Waals surface area (Å²) in [5.74, 6) is 4.56. The van der Waals surface area contributed by atoms with Crippen molar-refractivity contribution in [1.82, 2.24) is 0 Å². The molecular formula is C9H11ClF3NO2. The first kappa shape index (κ1) is 15.0. The van der Waals surface area contributed by atoms with Crippen LogP contribution in [0.4, 0.5) is 13.2 Å². The highest BCUT2D eigenvalue weighted by Gasteiger charge is 2.34. The highest BCUT2D eigenvalue weighted by molar-refractivity contribution is 5.85. The lowest BCUT2D eigenvalue weighted by Gasteiger charge is -2.12.